The third kappa shape index (κ3) is 9.39. The number of hydrogen-bond acceptors (Lipinski definition) is 9. The second-order valence-corrected chi connectivity index (χ2v) is 27.2. The number of nitrogens with zero attached hydrogens (tertiary/aromatic N) is 4. The van der Waals surface area contributed by atoms with Crippen LogP contribution in [-0.2, 0) is 21.7 Å². The van der Waals surface area contributed by atoms with Crippen molar-refractivity contribution in [2.45, 2.75) is 154 Å². The second-order valence-electron chi connectivity index (χ2n) is 27.2. The van der Waals surface area contributed by atoms with E-state index < -0.39 is 183 Å². The van der Waals surface area contributed by atoms with Gasteiger partial charge in [0.2, 0.25) is 10.8 Å². The first-order valence-corrected chi connectivity index (χ1v) is 29.2. The zero-order valence-electron chi connectivity index (χ0n) is 53.1. The van der Waals surface area contributed by atoms with Crippen molar-refractivity contribution in [3.63, 3.8) is 0 Å². The summed E-state index contributed by atoms with van der Waals surface area (Å²) in [6, 6.07) is 8.64. The molecule has 0 atom stereocenters. The fourth-order valence-corrected chi connectivity index (χ4v) is 13.9. The summed E-state index contributed by atoms with van der Waals surface area (Å²) in [6.07, 6.45) is -25.2. The Morgan fingerprint density at radius 1 is 0.358 bits per heavy atom. The highest BCUT2D eigenvalue weighted by Crippen LogP contribution is 2.60. The predicted molar refractivity (Wildman–Crippen MR) is 319 cm³/mol. The molecule has 0 radical (unpaired) electrons. The zero-order valence-corrected chi connectivity index (χ0v) is 53.1. The number of amides is 8. The van der Waals surface area contributed by atoms with Crippen LogP contribution in [0.3, 0.4) is 0 Å². The summed E-state index contributed by atoms with van der Waals surface area (Å²) in [5.41, 5.74) is -27.2. The maximum Gasteiger partial charge on any atom is 0.411 e. The summed E-state index contributed by atoms with van der Waals surface area (Å²) >= 11 is 0. The number of imide groups is 4. The van der Waals surface area contributed by atoms with Crippen molar-refractivity contribution in [1.82, 2.24) is 9.80 Å². The Hall–Kier alpha value is -9.49. The van der Waals surface area contributed by atoms with Gasteiger partial charge in [0, 0.05) is 11.0 Å². The van der Waals surface area contributed by atoms with Gasteiger partial charge in [-0.25, -0.2) is 14.6 Å². The number of fused-ring (bicyclic) bond motifs is 4. The molecule has 26 heteroatoms. The van der Waals surface area contributed by atoms with E-state index in [2.05, 4.69) is 0 Å². The molecule has 0 saturated carbocycles. The number of benzene rings is 6. The highest BCUT2D eigenvalue weighted by atomic mass is 19.4. The summed E-state index contributed by atoms with van der Waals surface area (Å²) in [4.78, 5) is 128. The minimum Gasteiger partial charge on any atom is -0.478 e. The molecule has 0 unspecified atom stereocenters. The van der Waals surface area contributed by atoms with Crippen molar-refractivity contribution < 1.29 is 101 Å². The molecule has 0 saturated heterocycles. The average molecular weight is 1330 g/mol. The van der Waals surface area contributed by atoms with Crippen molar-refractivity contribution in [2.75, 3.05) is 9.80 Å². The number of hydrogen-bond donors (Lipinski definition) is 1. The van der Waals surface area contributed by atoms with E-state index in [9.17, 15) is 48.3 Å². The minimum absolute atomic E-state index is 0.110. The van der Waals surface area contributed by atoms with Gasteiger partial charge in [0.15, 0.2) is 0 Å². The fourth-order valence-electron chi connectivity index (χ4n) is 13.9. The number of carbonyl (C=O) groups is 9. The van der Waals surface area contributed by atoms with Gasteiger partial charge in [-0.2, -0.15) is 52.7 Å². The Morgan fingerprint density at radius 2 is 0.663 bits per heavy atom. The first-order valence-electron chi connectivity index (χ1n) is 29.2. The molecule has 0 aromatic heterocycles. The maximum absolute atomic E-state index is 16.0. The van der Waals surface area contributed by atoms with E-state index >= 15 is 52.7 Å². The number of aromatic carboxylic acids is 1. The molecule has 498 valence electrons. The van der Waals surface area contributed by atoms with Gasteiger partial charge in [0.25, 0.3) is 47.3 Å². The van der Waals surface area contributed by atoms with E-state index in [1.165, 1.54) is 88.3 Å². The van der Waals surface area contributed by atoms with E-state index in [4.69, 9.17) is 0 Å². The van der Waals surface area contributed by atoms with Crippen LogP contribution in [0.25, 0.3) is 0 Å². The number of anilines is 2. The Bertz CT molecular complexity index is 4460. The van der Waals surface area contributed by atoms with Crippen LogP contribution in [0.4, 0.5) is 64.1 Å². The van der Waals surface area contributed by atoms with Crippen LogP contribution in [0.5, 0.6) is 0 Å². The fraction of sp³-hybridized carbons (Fsp3) is 0.348. The quantitative estimate of drug-likeness (QED) is 0.102. The van der Waals surface area contributed by atoms with E-state index in [1.54, 1.807) is 20.8 Å². The van der Waals surface area contributed by atoms with E-state index in [0.29, 0.717) is 91.4 Å². The Morgan fingerprint density at radius 3 is 1.01 bits per heavy atom. The average Bonchev–Trinajstić information content (AvgIpc) is 1.69. The highest BCUT2D eigenvalue weighted by molar-refractivity contribution is 6.36. The van der Waals surface area contributed by atoms with E-state index in [-0.39, 0.29) is 45.8 Å². The van der Waals surface area contributed by atoms with Gasteiger partial charge >= 0.3 is 30.7 Å². The second kappa shape index (κ2) is 21.0. The molecule has 6 aromatic rings. The lowest BCUT2D eigenvalue weighted by molar-refractivity contribution is -0.290. The number of rotatable bonds is 10. The van der Waals surface area contributed by atoms with Crippen LogP contribution >= 0.6 is 0 Å². The van der Waals surface area contributed by atoms with Crippen molar-refractivity contribution in [3.8, 4) is 0 Å². The zero-order chi connectivity index (χ0) is 71.2. The van der Waals surface area contributed by atoms with Gasteiger partial charge < -0.3 is 5.11 Å². The van der Waals surface area contributed by atoms with Crippen molar-refractivity contribution in [1.29, 1.82) is 0 Å². The first-order chi connectivity index (χ1) is 43.3. The molecule has 1 N–H and O–H groups in total. The number of alkyl halides is 12. The third-order valence-electron chi connectivity index (χ3n) is 19.5. The van der Waals surface area contributed by atoms with Crippen molar-refractivity contribution in [3.05, 3.63) is 197 Å². The molecule has 0 aliphatic carbocycles. The molecule has 0 fully saturated rings. The molecule has 10 rings (SSSR count). The number of carbonyl (C=O) groups excluding carboxylic acids is 8. The third-order valence-corrected chi connectivity index (χ3v) is 19.5. The van der Waals surface area contributed by atoms with Crippen molar-refractivity contribution >= 4 is 64.6 Å². The minimum atomic E-state index is -6.35. The lowest BCUT2D eigenvalue weighted by Gasteiger charge is -2.48. The van der Waals surface area contributed by atoms with Crippen LogP contribution in [-0.4, -0.2) is 104 Å². The molecule has 4 aliphatic rings. The molecular formula is C69H58F12N4O10. The van der Waals surface area contributed by atoms with E-state index in [1.807, 2.05) is 0 Å². The predicted octanol–water partition coefficient (Wildman–Crippen LogP) is 15.1. The van der Waals surface area contributed by atoms with Gasteiger partial charge in [-0.15, -0.1) is 0 Å². The first kappa shape index (κ1) is 68.4. The molecule has 95 heavy (non-hydrogen) atoms. The van der Waals surface area contributed by atoms with Crippen LogP contribution in [0, 0.1) is 27.7 Å². The molecule has 4 heterocycles. The molecule has 8 amide bonds. The molecular weight excluding hydrogens is 1270 g/mol. The largest absolute Gasteiger partial charge is 0.478 e. The van der Waals surface area contributed by atoms with Gasteiger partial charge in [0.05, 0.1) is 67.0 Å². The normalized spacial score (nSPS) is 16.1. The smallest absolute Gasteiger partial charge is 0.411 e. The Kier molecular flexibility index (Phi) is 15.1. The van der Waals surface area contributed by atoms with Gasteiger partial charge in [-0.3, -0.25) is 48.2 Å². The van der Waals surface area contributed by atoms with Gasteiger partial charge in [-0.05, 0) is 190 Å². The number of carboxylic acid groups (broad SMARTS) is 1. The van der Waals surface area contributed by atoms with Crippen LogP contribution in [0.15, 0.2) is 91.0 Å². The molecule has 0 spiro atoms. The van der Waals surface area contributed by atoms with Gasteiger partial charge in [-0.1, -0.05) is 58.9 Å². The number of halogens is 12. The molecule has 14 nitrogen and oxygen atoms in total. The molecule has 6 aromatic carbocycles. The summed E-state index contributed by atoms with van der Waals surface area (Å²) in [5, 5.41) is 9.87. The summed E-state index contributed by atoms with van der Waals surface area (Å²) in [5.74, 6) is -11.2. The summed E-state index contributed by atoms with van der Waals surface area (Å²) in [7, 11) is 0. The van der Waals surface area contributed by atoms with E-state index in [0.717, 1.165) is 6.07 Å². The summed E-state index contributed by atoms with van der Waals surface area (Å²) < 4.78 is 190. The standard InChI is InChI=1S/C69H58F12N4O10/c1-30-32(3)50(83-52(87)42-20-16-36(27-46(42)54(83)89)65(68(76,77)78,69(79,80)81)37-17-21-43-47(28-37)57(92)84(55(43)90)61(8,9)10)33(4)31(2)49(30)62(11,12)63(13,14)85-56(91)44-22-18-38(29-48(44)58(85)93)64(66(70,71)72,67(73,74)75)35-15-19-41-45(26-35)53(88)82(51(41)86)40-24-34(59(94)95)23-39(25-40)60(5,6)7/h15-29H,1-14H3,(H,94,95). The Balaban J connectivity index is 1.01. The van der Waals surface area contributed by atoms with Gasteiger partial charge in [0.1, 0.15) is 0 Å². The SMILES string of the molecule is Cc1c(C)c(C(C)(C)C(C)(C)N2C(=O)c3ccc(C(c4ccc5c(c4)C(=O)N(c4cc(C(=O)O)cc(C(C)(C)C)c4)C5=O)(C(F)(F)F)C(F)(F)F)cc3C2=O)c(C)c(C)c1N1C(=O)c2ccc(C(c3ccc4c(c3)C(=O)N(C(C)(C)C)C4=O)(C(F)(F)F)C(F)(F)F)cc2C1=O. The summed E-state index contributed by atoms with van der Waals surface area (Å²) in [6.45, 7) is 21.0. The number of carboxylic acids is 1. The molecule has 4 aliphatic heterocycles. The molecule has 0 bridgehead atoms. The lowest BCUT2D eigenvalue weighted by atomic mass is 9.65. The highest BCUT2D eigenvalue weighted by Gasteiger charge is 2.74. The van der Waals surface area contributed by atoms with Crippen LogP contribution in [0.1, 0.15) is 218 Å². The van der Waals surface area contributed by atoms with Crippen LogP contribution < -0.4 is 9.80 Å². The Labute approximate surface area is 534 Å². The maximum atomic E-state index is 16.0. The lowest BCUT2D eigenvalue weighted by Crippen LogP contribution is -2.58. The topological polar surface area (TPSA) is 187 Å². The van der Waals surface area contributed by atoms with Crippen molar-refractivity contribution in [2.24, 2.45) is 0 Å². The monoisotopic (exact) mass is 1330 g/mol. The van der Waals surface area contributed by atoms with Crippen LogP contribution in [0.2, 0.25) is 0 Å².